The summed E-state index contributed by atoms with van der Waals surface area (Å²) in [6.45, 7) is 1.56. The Labute approximate surface area is 137 Å². The lowest BCUT2D eigenvalue weighted by Crippen LogP contribution is -2.18. The van der Waals surface area contributed by atoms with E-state index >= 15 is 0 Å². The van der Waals surface area contributed by atoms with Crippen LogP contribution >= 0.6 is 0 Å². The monoisotopic (exact) mass is 338 g/mol. The van der Waals surface area contributed by atoms with Gasteiger partial charge in [0.15, 0.2) is 0 Å². The number of ether oxygens (including phenoxy) is 1. The SMILES string of the molecule is CCc1cc(Cc2ccccc2)c(O)c(C(=O)OC)c1C(F)(F)F. The zero-order valence-electron chi connectivity index (χ0n) is 13.3. The van der Waals surface area contributed by atoms with E-state index in [0.29, 0.717) is 0 Å². The largest absolute Gasteiger partial charge is 0.507 e. The summed E-state index contributed by atoms with van der Waals surface area (Å²) in [6.07, 6.45) is -4.49. The summed E-state index contributed by atoms with van der Waals surface area (Å²) in [5.74, 6) is -1.89. The summed E-state index contributed by atoms with van der Waals surface area (Å²) >= 11 is 0. The third-order valence-electron chi connectivity index (χ3n) is 3.75. The van der Waals surface area contributed by atoms with Gasteiger partial charge < -0.3 is 9.84 Å². The van der Waals surface area contributed by atoms with Crippen LogP contribution in [0.3, 0.4) is 0 Å². The van der Waals surface area contributed by atoms with Gasteiger partial charge >= 0.3 is 12.1 Å². The number of benzene rings is 2. The molecule has 0 saturated carbocycles. The Morgan fingerprint density at radius 3 is 2.29 bits per heavy atom. The Kier molecular flexibility index (Phi) is 5.17. The van der Waals surface area contributed by atoms with Gasteiger partial charge in [0, 0.05) is 6.42 Å². The number of methoxy groups -OCH3 is 1. The second-order valence-electron chi connectivity index (χ2n) is 5.30. The van der Waals surface area contributed by atoms with E-state index in [4.69, 9.17) is 0 Å². The van der Waals surface area contributed by atoms with Gasteiger partial charge in [-0.15, -0.1) is 0 Å². The van der Waals surface area contributed by atoms with E-state index in [1.807, 2.05) is 6.07 Å². The minimum atomic E-state index is -4.77. The molecular weight excluding hydrogens is 321 g/mol. The molecule has 0 aromatic heterocycles. The van der Waals surface area contributed by atoms with E-state index in [-0.39, 0.29) is 24.0 Å². The number of carbonyl (C=O) groups is 1. The number of rotatable bonds is 4. The van der Waals surface area contributed by atoms with Crippen molar-refractivity contribution in [1.82, 2.24) is 0 Å². The summed E-state index contributed by atoms with van der Waals surface area (Å²) in [6, 6.07) is 10.3. The van der Waals surface area contributed by atoms with Crippen LogP contribution in [0.5, 0.6) is 5.75 Å². The van der Waals surface area contributed by atoms with Gasteiger partial charge in [-0.3, -0.25) is 0 Å². The predicted octanol–water partition coefficient (Wildman–Crippen LogP) is 4.35. The number of phenolic OH excluding ortho intramolecular Hbond substituents is 1. The van der Waals surface area contributed by atoms with E-state index in [9.17, 15) is 23.1 Å². The number of alkyl halides is 3. The number of phenols is 1. The highest BCUT2D eigenvalue weighted by Gasteiger charge is 2.40. The summed E-state index contributed by atoms with van der Waals surface area (Å²) in [4.78, 5) is 11.9. The van der Waals surface area contributed by atoms with Gasteiger partial charge in [-0.05, 0) is 23.1 Å². The van der Waals surface area contributed by atoms with Crippen LogP contribution in [-0.2, 0) is 23.8 Å². The van der Waals surface area contributed by atoms with Crippen molar-refractivity contribution in [2.75, 3.05) is 7.11 Å². The molecule has 0 spiro atoms. The number of hydrogen-bond donors (Lipinski definition) is 1. The number of hydrogen-bond acceptors (Lipinski definition) is 3. The maximum atomic E-state index is 13.4. The minimum absolute atomic E-state index is 0.0494. The summed E-state index contributed by atoms with van der Waals surface area (Å²) in [5.41, 5.74) is -0.940. The minimum Gasteiger partial charge on any atom is -0.507 e. The molecule has 0 unspecified atom stereocenters. The molecule has 2 rings (SSSR count). The number of aromatic hydroxyl groups is 1. The molecule has 0 saturated heterocycles. The van der Waals surface area contributed by atoms with E-state index in [0.717, 1.165) is 12.7 Å². The van der Waals surface area contributed by atoms with Crippen LogP contribution in [0.4, 0.5) is 13.2 Å². The van der Waals surface area contributed by atoms with E-state index in [1.54, 1.807) is 31.2 Å². The smallest absolute Gasteiger partial charge is 0.417 e. The first-order valence-corrected chi connectivity index (χ1v) is 7.36. The van der Waals surface area contributed by atoms with Crippen molar-refractivity contribution in [2.45, 2.75) is 25.9 Å². The van der Waals surface area contributed by atoms with Gasteiger partial charge in [0.1, 0.15) is 11.3 Å². The highest BCUT2D eigenvalue weighted by molar-refractivity contribution is 5.95. The van der Waals surface area contributed by atoms with Crippen LogP contribution in [0.1, 0.15) is 39.5 Å². The first-order chi connectivity index (χ1) is 11.3. The van der Waals surface area contributed by atoms with E-state index in [2.05, 4.69) is 4.74 Å². The lowest BCUT2D eigenvalue weighted by molar-refractivity contribution is -0.138. The fourth-order valence-corrected chi connectivity index (χ4v) is 2.64. The van der Waals surface area contributed by atoms with Crippen molar-refractivity contribution in [1.29, 1.82) is 0 Å². The summed E-state index contributed by atoms with van der Waals surface area (Å²) in [5, 5.41) is 10.3. The van der Waals surface area contributed by atoms with Crippen molar-refractivity contribution < 1.29 is 27.8 Å². The molecule has 6 heteroatoms. The van der Waals surface area contributed by atoms with Gasteiger partial charge in [0.05, 0.1) is 12.7 Å². The van der Waals surface area contributed by atoms with E-state index in [1.165, 1.54) is 6.07 Å². The molecule has 0 amide bonds. The molecule has 0 atom stereocenters. The van der Waals surface area contributed by atoms with Crippen LogP contribution in [0.15, 0.2) is 36.4 Å². The molecule has 0 radical (unpaired) electrons. The quantitative estimate of drug-likeness (QED) is 0.843. The number of aryl methyl sites for hydroxylation is 1. The first kappa shape index (κ1) is 17.8. The molecule has 0 aliphatic heterocycles. The van der Waals surface area contributed by atoms with Gasteiger partial charge in [-0.2, -0.15) is 13.2 Å². The number of halogens is 3. The molecule has 2 aromatic carbocycles. The predicted molar refractivity (Wildman–Crippen MR) is 83.1 cm³/mol. The third kappa shape index (κ3) is 3.53. The zero-order valence-corrected chi connectivity index (χ0v) is 13.3. The third-order valence-corrected chi connectivity index (χ3v) is 3.75. The average molecular weight is 338 g/mol. The lowest BCUT2D eigenvalue weighted by atomic mass is 9.91. The maximum absolute atomic E-state index is 13.4. The summed E-state index contributed by atoms with van der Waals surface area (Å²) in [7, 11) is 0.984. The van der Waals surface area contributed by atoms with Gasteiger partial charge in [0.2, 0.25) is 0 Å². The Bertz CT molecular complexity index is 737. The Balaban J connectivity index is 2.69. The zero-order chi connectivity index (χ0) is 17.9. The highest BCUT2D eigenvalue weighted by atomic mass is 19.4. The van der Waals surface area contributed by atoms with Crippen LogP contribution in [0.2, 0.25) is 0 Å². The molecule has 2 aromatic rings. The topological polar surface area (TPSA) is 46.5 Å². The molecule has 0 aliphatic rings. The maximum Gasteiger partial charge on any atom is 0.417 e. The fourth-order valence-electron chi connectivity index (χ4n) is 2.64. The lowest BCUT2D eigenvalue weighted by Gasteiger charge is -2.19. The van der Waals surface area contributed by atoms with Crippen molar-refractivity contribution in [3.05, 3.63) is 64.2 Å². The Morgan fingerprint density at radius 1 is 1.17 bits per heavy atom. The average Bonchev–Trinajstić information content (AvgIpc) is 2.55. The molecular formula is C18H17F3O3. The normalized spacial score (nSPS) is 11.4. The number of carbonyl (C=O) groups excluding carboxylic acids is 1. The first-order valence-electron chi connectivity index (χ1n) is 7.36. The van der Waals surface area contributed by atoms with Crippen molar-refractivity contribution in [2.24, 2.45) is 0 Å². The molecule has 128 valence electrons. The van der Waals surface area contributed by atoms with E-state index < -0.39 is 29.0 Å². The van der Waals surface area contributed by atoms with Crippen molar-refractivity contribution in [3.8, 4) is 5.75 Å². The standard InChI is InChI=1S/C18H17F3O3/c1-3-12-10-13(9-11-7-5-4-6-8-11)16(22)14(17(23)24-2)15(12)18(19,20)21/h4-8,10,22H,3,9H2,1-2H3. The van der Waals surface area contributed by atoms with Gasteiger partial charge in [-0.1, -0.05) is 43.3 Å². The second-order valence-corrected chi connectivity index (χ2v) is 5.30. The van der Waals surface area contributed by atoms with Gasteiger partial charge in [0.25, 0.3) is 0 Å². The molecule has 0 bridgehead atoms. The van der Waals surface area contributed by atoms with Crippen LogP contribution in [-0.4, -0.2) is 18.2 Å². The van der Waals surface area contributed by atoms with Crippen molar-refractivity contribution in [3.63, 3.8) is 0 Å². The van der Waals surface area contributed by atoms with Crippen molar-refractivity contribution >= 4 is 5.97 Å². The molecule has 0 aliphatic carbocycles. The van der Waals surface area contributed by atoms with Crippen LogP contribution in [0.25, 0.3) is 0 Å². The molecule has 1 N–H and O–H groups in total. The van der Waals surface area contributed by atoms with Crippen LogP contribution in [0, 0.1) is 0 Å². The Hall–Kier alpha value is -2.50. The molecule has 0 fully saturated rings. The molecule has 0 heterocycles. The molecule has 24 heavy (non-hydrogen) atoms. The highest BCUT2D eigenvalue weighted by Crippen LogP contribution is 2.41. The second kappa shape index (κ2) is 6.95. The Morgan fingerprint density at radius 2 is 1.79 bits per heavy atom. The fraction of sp³-hybridized carbons (Fsp3) is 0.278. The number of esters is 1. The van der Waals surface area contributed by atoms with Gasteiger partial charge in [-0.25, -0.2) is 4.79 Å². The van der Waals surface area contributed by atoms with Crippen LogP contribution < -0.4 is 0 Å². The summed E-state index contributed by atoms with van der Waals surface area (Å²) < 4.78 is 44.7. The molecule has 3 nitrogen and oxygen atoms in total.